The van der Waals surface area contributed by atoms with Gasteiger partial charge in [0.25, 0.3) is 0 Å². The smallest absolute Gasteiger partial charge is 0.223 e. The van der Waals surface area contributed by atoms with E-state index in [1.54, 1.807) is 0 Å². The zero-order valence-corrected chi connectivity index (χ0v) is 18.8. The molecular formula is C25H32N2O2S. The maximum Gasteiger partial charge on any atom is 0.223 e. The third kappa shape index (κ3) is 4.15. The first kappa shape index (κ1) is 20.1. The Morgan fingerprint density at radius 2 is 1.87 bits per heavy atom. The van der Waals surface area contributed by atoms with Crippen LogP contribution in [0.3, 0.4) is 0 Å². The second kappa shape index (κ2) is 8.35. The van der Waals surface area contributed by atoms with E-state index in [-0.39, 0.29) is 11.5 Å². The Morgan fingerprint density at radius 1 is 1.10 bits per heavy atom. The maximum absolute atomic E-state index is 12.9. The number of nitrogens with zero attached hydrogens (tertiary/aromatic N) is 2. The predicted octanol–water partition coefficient (Wildman–Crippen LogP) is 4.97. The predicted molar refractivity (Wildman–Crippen MR) is 121 cm³/mol. The van der Waals surface area contributed by atoms with Crippen molar-refractivity contribution in [1.29, 1.82) is 0 Å². The molecule has 1 aromatic carbocycles. The molecule has 3 aliphatic rings. The molecule has 1 spiro atoms. The van der Waals surface area contributed by atoms with Gasteiger partial charge in [-0.05, 0) is 62.8 Å². The number of thiophene rings is 1. The molecule has 30 heavy (non-hydrogen) atoms. The molecule has 4 nitrogen and oxygen atoms in total. The number of aryl methyl sites for hydroxylation is 1. The number of carbonyl (C=O) groups excluding carboxylic acids is 1. The first-order chi connectivity index (χ1) is 14.6. The Hall–Kier alpha value is -1.85. The average molecular weight is 425 g/mol. The van der Waals surface area contributed by atoms with Crippen LogP contribution in [0.25, 0.3) is 0 Å². The summed E-state index contributed by atoms with van der Waals surface area (Å²) in [5, 5.41) is 0. The average Bonchev–Trinajstić information content (AvgIpc) is 3.42. The van der Waals surface area contributed by atoms with Gasteiger partial charge in [-0.1, -0.05) is 18.2 Å². The zero-order valence-electron chi connectivity index (χ0n) is 17.9. The van der Waals surface area contributed by atoms with E-state index >= 15 is 0 Å². The van der Waals surface area contributed by atoms with Crippen LogP contribution < -0.4 is 4.74 Å². The standard InChI is InChI=1S/C25H32N2O2S/c1-19-8-9-21(30-19)18-26-14-10-25(11-15-26)17-20(16-24(28)27-12-4-5-13-27)22-6-2-3-7-23(22)29-25/h2-3,6-9,20H,4-5,10-18H2,1H3. The van der Waals surface area contributed by atoms with Crippen molar-refractivity contribution < 1.29 is 9.53 Å². The van der Waals surface area contributed by atoms with Crippen LogP contribution in [-0.4, -0.2) is 47.5 Å². The second-order valence-corrected chi connectivity index (χ2v) is 10.7. The number of ether oxygens (including phenoxy) is 1. The number of benzene rings is 1. The summed E-state index contributed by atoms with van der Waals surface area (Å²) in [6.45, 7) is 7.22. The summed E-state index contributed by atoms with van der Waals surface area (Å²) in [5.74, 6) is 1.61. The third-order valence-electron chi connectivity index (χ3n) is 7.13. The second-order valence-electron chi connectivity index (χ2n) is 9.30. The van der Waals surface area contributed by atoms with E-state index in [4.69, 9.17) is 4.74 Å². The van der Waals surface area contributed by atoms with E-state index in [2.05, 4.69) is 53.1 Å². The van der Waals surface area contributed by atoms with Crippen molar-refractivity contribution in [3.05, 3.63) is 51.7 Å². The summed E-state index contributed by atoms with van der Waals surface area (Å²) in [4.78, 5) is 20.4. The van der Waals surface area contributed by atoms with Crippen molar-refractivity contribution in [1.82, 2.24) is 9.80 Å². The number of fused-ring (bicyclic) bond motifs is 1. The summed E-state index contributed by atoms with van der Waals surface area (Å²) < 4.78 is 6.65. The minimum absolute atomic E-state index is 0.119. The van der Waals surface area contributed by atoms with Crippen LogP contribution in [0.4, 0.5) is 0 Å². The number of piperidine rings is 1. The molecule has 3 aliphatic heterocycles. The number of amides is 1. The molecule has 5 rings (SSSR count). The largest absolute Gasteiger partial charge is 0.487 e. The molecule has 2 fully saturated rings. The third-order valence-corrected chi connectivity index (χ3v) is 8.11. The minimum atomic E-state index is -0.119. The van der Waals surface area contributed by atoms with Crippen molar-refractivity contribution in [2.45, 2.75) is 63.5 Å². The Morgan fingerprint density at radius 3 is 2.60 bits per heavy atom. The number of carbonyl (C=O) groups is 1. The molecule has 0 bridgehead atoms. The number of para-hydroxylation sites is 1. The Balaban J connectivity index is 1.28. The Bertz CT molecular complexity index is 894. The lowest BCUT2D eigenvalue weighted by atomic mass is 9.76. The minimum Gasteiger partial charge on any atom is -0.487 e. The van der Waals surface area contributed by atoms with Gasteiger partial charge in [-0.2, -0.15) is 0 Å². The normalized spacial score (nSPS) is 23.4. The lowest BCUT2D eigenvalue weighted by molar-refractivity contribution is -0.131. The molecule has 4 heterocycles. The summed E-state index contributed by atoms with van der Waals surface area (Å²) in [6.07, 6.45) is 5.98. The summed E-state index contributed by atoms with van der Waals surface area (Å²) in [6, 6.07) is 12.9. The molecule has 1 atom stereocenters. The van der Waals surface area contributed by atoms with Gasteiger partial charge in [0.05, 0.1) is 0 Å². The summed E-state index contributed by atoms with van der Waals surface area (Å²) in [5.41, 5.74) is 1.11. The molecule has 2 aromatic rings. The molecule has 160 valence electrons. The van der Waals surface area contributed by atoms with Crippen LogP contribution in [0.2, 0.25) is 0 Å². The highest BCUT2D eigenvalue weighted by molar-refractivity contribution is 7.11. The Labute approximate surface area is 183 Å². The van der Waals surface area contributed by atoms with E-state index in [1.165, 1.54) is 15.3 Å². The summed E-state index contributed by atoms with van der Waals surface area (Å²) in [7, 11) is 0. The van der Waals surface area contributed by atoms with Crippen LogP contribution in [0.1, 0.15) is 59.8 Å². The number of rotatable bonds is 4. The SMILES string of the molecule is Cc1ccc(CN2CCC3(CC2)CC(CC(=O)N2CCCC2)c2ccccc2O3)s1. The van der Waals surface area contributed by atoms with E-state index in [1.807, 2.05) is 11.3 Å². The monoisotopic (exact) mass is 424 g/mol. The Kier molecular flexibility index (Phi) is 5.59. The van der Waals surface area contributed by atoms with Crippen LogP contribution >= 0.6 is 11.3 Å². The quantitative estimate of drug-likeness (QED) is 0.695. The molecule has 0 saturated carbocycles. The van der Waals surface area contributed by atoms with E-state index in [9.17, 15) is 4.79 Å². The first-order valence-corrected chi connectivity index (χ1v) is 12.3. The number of hydrogen-bond acceptors (Lipinski definition) is 4. The zero-order chi connectivity index (χ0) is 20.6. The van der Waals surface area contributed by atoms with Gasteiger partial charge in [0.2, 0.25) is 5.91 Å². The van der Waals surface area contributed by atoms with Gasteiger partial charge in [0, 0.05) is 54.8 Å². The van der Waals surface area contributed by atoms with Crippen LogP contribution in [0, 0.1) is 6.92 Å². The molecule has 0 radical (unpaired) electrons. The van der Waals surface area contributed by atoms with Gasteiger partial charge in [0.15, 0.2) is 0 Å². The highest BCUT2D eigenvalue weighted by Gasteiger charge is 2.44. The van der Waals surface area contributed by atoms with E-state index in [0.29, 0.717) is 12.3 Å². The molecule has 5 heteroatoms. The lowest BCUT2D eigenvalue weighted by Gasteiger charge is -2.47. The number of hydrogen-bond donors (Lipinski definition) is 0. The molecule has 1 unspecified atom stereocenters. The molecule has 2 saturated heterocycles. The van der Waals surface area contributed by atoms with E-state index in [0.717, 1.165) is 70.6 Å². The van der Waals surface area contributed by atoms with Crippen molar-refractivity contribution in [3.8, 4) is 5.75 Å². The molecule has 1 amide bonds. The first-order valence-electron chi connectivity index (χ1n) is 11.4. The van der Waals surface area contributed by atoms with Gasteiger partial charge in [-0.3, -0.25) is 9.69 Å². The van der Waals surface area contributed by atoms with Crippen LogP contribution in [0.5, 0.6) is 5.75 Å². The maximum atomic E-state index is 12.9. The van der Waals surface area contributed by atoms with E-state index < -0.39 is 0 Å². The van der Waals surface area contributed by atoms with Gasteiger partial charge >= 0.3 is 0 Å². The topological polar surface area (TPSA) is 32.8 Å². The van der Waals surface area contributed by atoms with Gasteiger partial charge in [-0.15, -0.1) is 11.3 Å². The van der Waals surface area contributed by atoms with Crippen LogP contribution in [-0.2, 0) is 11.3 Å². The molecule has 1 aromatic heterocycles. The fourth-order valence-corrected chi connectivity index (χ4v) is 6.38. The fraction of sp³-hybridized carbons (Fsp3) is 0.560. The van der Waals surface area contributed by atoms with Gasteiger partial charge in [-0.25, -0.2) is 0 Å². The lowest BCUT2D eigenvalue weighted by Crippen LogP contribution is -2.50. The molecule has 0 N–H and O–H groups in total. The van der Waals surface area contributed by atoms with Crippen molar-refractivity contribution >= 4 is 17.2 Å². The van der Waals surface area contributed by atoms with Gasteiger partial charge in [0.1, 0.15) is 11.4 Å². The summed E-state index contributed by atoms with van der Waals surface area (Å²) >= 11 is 1.90. The van der Waals surface area contributed by atoms with Crippen LogP contribution in [0.15, 0.2) is 36.4 Å². The van der Waals surface area contributed by atoms with Crippen molar-refractivity contribution in [2.24, 2.45) is 0 Å². The van der Waals surface area contributed by atoms with Crippen molar-refractivity contribution in [3.63, 3.8) is 0 Å². The van der Waals surface area contributed by atoms with Crippen molar-refractivity contribution in [2.75, 3.05) is 26.2 Å². The fourth-order valence-electron chi connectivity index (χ4n) is 5.45. The highest BCUT2D eigenvalue weighted by atomic mass is 32.1. The molecular weight excluding hydrogens is 392 g/mol. The number of likely N-dealkylation sites (tertiary alicyclic amines) is 2. The molecule has 0 aliphatic carbocycles. The van der Waals surface area contributed by atoms with Gasteiger partial charge < -0.3 is 9.64 Å². The highest BCUT2D eigenvalue weighted by Crippen LogP contribution is 2.47.